The Hall–Kier alpha value is -2.77. The van der Waals surface area contributed by atoms with Crippen molar-refractivity contribution >= 4 is 39.1 Å². The zero-order valence-corrected chi connectivity index (χ0v) is 19.7. The molecule has 0 radical (unpaired) electrons. The molecule has 1 unspecified atom stereocenters. The minimum Gasteiger partial charge on any atom is -0.338 e. The maximum absolute atomic E-state index is 13.3. The number of benzene rings is 2. The largest absolute Gasteiger partial charge is 0.338 e. The molecule has 2 aliphatic heterocycles. The first-order chi connectivity index (χ1) is 16.2. The van der Waals surface area contributed by atoms with E-state index >= 15 is 0 Å². The second-order valence-corrected chi connectivity index (χ2v) is 9.95. The summed E-state index contributed by atoms with van der Waals surface area (Å²) in [5.41, 5.74) is 1.73. The number of hydrogen-bond acceptors (Lipinski definition) is 5. The quantitative estimate of drug-likeness (QED) is 0.593. The molecule has 5 rings (SSSR count). The van der Waals surface area contributed by atoms with Crippen LogP contribution in [0.1, 0.15) is 48.2 Å². The molecule has 2 fully saturated rings. The summed E-state index contributed by atoms with van der Waals surface area (Å²) in [5.74, 6) is -0.251. The molecule has 1 aromatic heterocycles. The van der Waals surface area contributed by atoms with Crippen LogP contribution < -0.4 is 5.32 Å². The van der Waals surface area contributed by atoms with E-state index in [1.54, 1.807) is 0 Å². The third-order valence-corrected chi connectivity index (χ3v) is 7.52. The first-order valence-electron chi connectivity index (χ1n) is 11.9. The zero-order chi connectivity index (χ0) is 22.6. The molecule has 0 saturated carbocycles. The summed E-state index contributed by atoms with van der Waals surface area (Å²) in [6.07, 6.45) is 5.44. The third kappa shape index (κ3) is 5.09. The summed E-state index contributed by atoms with van der Waals surface area (Å²) in [4.78, 5) is 35.2. The smallest absolute Gasteiger partial charge is 0.254 e. The van der Waals surface area contributed by atoms with Crippen molar-refractivity contribution in [2.45, 2.75) is 38.6 Å². The van der Waals surface area contributed by atoms with Gasteiger partial charge in [0.05, 0.1) is 11.6 Å². The van der Waals surface area contributed by atoms with Gasteiger partial charge < -0.3 is 10.2 Å². The topological polar surface area (TPSA) is 65.5 Å². The van der Waals surface area contributed by atoms with Crippen LogP contribution in [0.4, 0.5) is 5.13 Å². The van der Waals surface area contributed by atoms with Crippen molar-refractivity contribution in [2.24, 2.45) is 5.92 Å². The van der Waals surface area contributed by atoms with E-state index in [1.807, 2.05) is 52.7 Å². The fourth-order valence-corrected chi connectivity index (χ4v) is 5.65. The van der Waals surface area contributed by atoms with Gasteiger partial charge in [-0.1, -0.05) is 42.8 Å². The standard InChI is InChI=1S/C26H30N4O2S/c31-24(28-26-27-21(18-33-26)17-29-13-4-1-5-14-29)20-10-7-15-30(16-20)25(32)23-12-6-9-19-8-2-3-11-22(19)23/h2-3,6,8-9,11-12,18,20H,1,4-5,7,10,13-17H2,(H,27,28,31). The second-order valence-electron chi connectivity index (χ2n) is 9.09. The number of anilines is 1. The maximum Gasteiger partial charge on any atom is 0.254 e. The van der Waals surface area contributed by atoms with Crippen molar-refractivity contribution in [3.05, 3.63) is 59.1 Å². The van der Waals surface area contributed by atoms with E-state index in [1.165, 1.54) is 30.6 Å². The Morgan fingerprint density at radius 2 is 1.82 bits per heavy atom. The Balaban J connectivity index is 1.21. The summed E-state index contributed by atoms with van der Waals surface area (Å²) >= 11 is 1.49. The van der Waals surface area contributed by atoms with Crippen molar-refractivity contribution in [1.29, 1.82) is 0 Å². The van der Waals surface area contributed by atoms with Gasteiger partial charge in [0.15, 0.2) is 5.13 Å². The van der Waals surface area contributed by atoms with E-state index in [4.69, 9.17) is 0 Å². The van der Waals surface area contributed by atoms with Gasteiger partial charge in [-0.3, -0.25) is 14.5 Å². The highest BCUT2D eigenvalue weighted by Crippen LogP contribution is 2.25. The Kier molecular flexibility index (Phi) is 6.69. The van der Waals surface area contributed by atoms with Gasteiger partial charge in [0.2, 0.25) is 5.91 Å². The average molecular weight is 463 g/mol. The summed E-state index contributed by atoms with van der Waals surface area (Å²) in [5, 5.41) is 7.72. The Labute approximate surface area is 198 Å². The Bertz CT molecular complexity index is 1130. The molecular weight excluding hydrogens is 432 g/mol. The SMILES string of the molecule is O=C(Nc1nc(CN2CCCCC2)cs1)C1CCCN(C(=O)c2cccc3ccccc23)C1. The van der Waals surface area contributed by atoms with Crippen LogP contribution in [0, 0.1) is 5.92 Å². The molecule has 6 nitrogen and oxygen atoms in total. The third-order valence-electron chi connectivity index (χ3n) is 6.72. The molecule has 2 saturated heterocycles. The molecule has 0 aliphatic carbocycles. The van der Waals surface area contributed by atoms with Gasteiger partial charge in [0, 0.05) is 30.6 Å². The van der Waals surface area contributed by atoms with Gasteiger partial charge in [-0.25, -0.2) is 4.98 Å². The number of aromatic nitrogens is 1. The lowest BCUT2D eigenvalue weighted by atomic mass is 9.95. The van der Waals surface area contributed by atoms with E-state index in [9.17, 15) is 9.59 Å². The van der Waals surface area contributed by atoms with Crippen molar-refractivity contribution < 1.29 is 9.59 Å². The minimum atomic E-state index is -0.216. The van der Waals surface area contributed by atoms with Crippen LogP contribution in [-0.4, -0.2) is 52.8 Å². The van der Waals surface area contributed by atoms with Crippen LogP contribution >= 0.6 is 11.3 Å². The van der Waals surface area contributed by atoms with Gasteiger partial charge in [0.1, 0.15) is 0 Å². The molecular formula is C26H30N4O2S. The molecule has 2 aliphatic rings. The number of carbonyl (C=O) groups excluding carboxylic acids is 2. The predicted octanol–water partition coefficient (Wildman–Crippen LogP) is 4.77. The minimum absolute atomic E-state index is 0.00219. The highest BCUT2D eigenvalue weighted by atomic mass is 32.1. The van der Waals surface area contributed by atoms with Crippen LogP contribution in [0.3, 0.4) is 0 Å². The highest BCUT2D eigenvalue weighted by Gasteiger charge is 2.30. The van der Waals surface area contributed by atoms with Crippen molar-refractivity contribution in [3.63, 3.8) is 0 Å². The van der Waals surface area contributed by atoms with E-state index in [0.717, 1.165) is 48.9 Å². The van der Waals surface area contributed by atoms with Crippen molar-refractivity contribution in [1.82, 2.24) is 14.8 Å². The molecule has 0 spiro atoms. The second kappa shape index (κ2) is 10.0. The predicted molar refractivity (Wildman–Crippen MR) is 132 cm³/mol. The van der Waals surface area contributed by atoms with Gasteiger partial charge in [-0.2, -0.15) is 0 Å². The molecule has 2 amide bonds. The van der Waals surface area contributed by atoms with Crippen LogP contribution in [-0.2, 0) is 11.3 Å². The number of amides is 2. The molecule has 3 aromatic rings. The van der Waals surface area contributed by atoms with E-state index in [2.05, 4.69) is 15.2 Å². The molecule has 33 heavy (non-hydrogen) atoms. The zero-order valence-electron chi connectivity index (χ0n) is 18.8. The summed E-state index contributed by atoms with van der Waals surface area (Å²) in [6, 6.07) is 13.8. The molecule has 1 N–H and O–H groups in total. The lowest BCUT2D eigenvalue weighted by Crippen LogP contribution is -2.43. The van der Waals surface area contributed by atoms with E-state index in [0.29, 0.717) is 23.8 Å². The average Bonchev–Trinajstić information content (AvgIpc) is 3.30. The maximum atomic E-state index is 13.3. The van der Waals surface area contributed by atoms with E-state index in [-0.39, 0.29) is 17.7 Å². The summed E-state index contributed by atoms with van der Waals surface area (Å²) in [7, 11) is 0. The molecule has 7 heteroatoms. The molecule has 3 heterocycles. The van der Waals surface area contributed by atoms with Crippen LogP contribution in [0.5, 0.6) is 0 Å². The monoisotopic (exact) mass is 462 g/mol. The first kappa shape index (κ1) is 22.0. The number of nitrogens with one attached hydrogen (secondary N) is 1. The van der Waals surface area contributed by atoms with Crippen LogP contribution in [0.25, 0.3) is 10.8 Å². The number of rotatable bonds is 5. The number of likely N-dealkylation sites (tertiary alicyclic amines) is 2. The first-order valence-corrected chi connectivity index (χ1v) is 12.8. The van der Waals surface area contributed by atoms with Crippen molar-refractivity contribution in [2.75, 3.05) is 31.5 Å². The fraction of sp³-hybridized carbons (Fsp3) is 0.423. The number of hydrogen-bond donors (Lipinski definition) is 1. The molecule has 0 bridgehead atoms. The van der Waals surface area contributed by atoms with Gasteiger partial charge in [-0.15, -0.1) is 11.3 Å². The molecule has 2 aromatic carbocycles. The normalized spacial score (nSPS) is 19.5. The highest BCUT2D eigenvalue weighted by molar-refractivity contribution is 7.13. The Morgan fingerprint density at radius 1 is 1.00 bits per heavy atom. The number of fused-ring (bicyclic) bond motifs is 1. The fourth-order valence-electron chi connectivity index (χ4n) is 4.95. The lowest BCUT2D eigenvalue weighted by molar-refractivity contribution is -0.121. The summed E-state index contributed by atoms with van der Waals surface area (Å²) < 4.78 is 0. The van der Waals surface area contributed by atoms with Crippen LogP contribution in [0.15, 0.2) is 47.8 Å². The number of thiazole rings is 1. The lowest BCUT2D eigenvalue weighted by Gasteiger charge is -2.32. The van der Waals surface area contributed by atoms with E-state index < -0.39 is 0 Å². The van der Waals surface area contributed by atoms with Gasteiger partial charge >= 0.3 is 0 Å². The number of carbonyl (C=O) groups is 2. The van der Waals surface area contributed by atoms with Gasteiger partial charge in [0.25, 0.3) is 5.91 Å². The molecule has 1 atom stereocenters. The Morgan fingerprint density at radius 3 is 2.70 bits per heavy atom. The van der Waals surface area contributed by atoms with Crippen molar-refractivity contribution in [3.8, 4) is 0 Å². The van der Waals surface area contributed by atoms with Crippen LogP contribution in [0.2, 0.25) is 0 Å². The molecule has 172 valence electrons. The number of piperidine rings is 2. The number of nitrogens with zero attached hydrogens (tertiary/aromatic N) is 3. The van der Waals surface area contributed by atoms with Gasteiger partial charge in [-0.05, 0) is 55.6 Å². The summed E-state index contributed by atoms with van der Waals surface area (Å²) in [6.45, 7) is 4.23.